The Labute approximate surface area is 120 Å². The number of ether oxygens (including phenoxy) is 1. The van der Waals surface area contributed by atoms with Crippen molar-refractivity contribution in [2.45, 2.75) is 13.8 Å². The first kappa shape index (κ1) is 15.9. The summed E-state index contributed by atoms with van der Waals surface area (Å²) in [5.74, 6) is -0.555. The number of nitro groups is 1. The molecule has 1 rings (SSSR count). The van der Waals surface area contributed by atoms with E-state index in [4.69, 9.17) is 16.3 Å². The fraction of sp³-hybridized carbons (Fsp3) is 0.333. The van der Waals surface area contributed by atoms with E-state index in [9.17, 15) is 19.7 Å². The molecule has 1 aromatic carbocycles. The smallest absolute Gasteiger partial charge is 0.414 e. The van der Waals surface area contributed by atoms with Crippen LogP contribution in [0.4, 0.5) is 16.2 Å². The van der Waals surface area contributed by atoms with Gasteiger partial charge in [-0.25, -0.2) is 4.79 Å². The molecule has 0 unspecified atom stereocenters. The number of hydrogen-bond donors (Lipinski definition) is 0. The summed E-state index contributed by atoms with van der Waals surface area (Å²) >= 11 is 5.83. The van der Waals surface area contributed by atoms with Gasteiger partial charge >= 0.3 is 11.8 Å². The fourth-order valence-corrected chi connectivity index (χ4v) is 1.95. The van der Waals surface area contributed by atoms with Gasteiger partial charge in [-0.2, -0.15) is 0 Å². The number of hydrogen-bond acceptors (Lipinski definition) is 5. The van der Waals surface area contributed by atoms with Crippen LogP contribution in [-0.4, -0.2) is 30.5 Å². The number of rotatable bonds is 4. The van der Waals surface area contributed by atoms with Crippen molar-refractivity contribution in [1.82, 2.24) is 0 Å². The molecule has 8 heteroatoms. The number of carbonyl (C=O) groups excluding carboxylic acids is 2. The van der Waals surface area contributed by atoms with E-state index in [1.165, 1.54) is 26.1 Å². The number of nitrogens with zero attached hydrogens (tertiary/aromatic N) is 2. The lowest BCUT2D eigenvalue weighted by Gasteiger charge is -2.17. The first-order chi connectivity index (χ1) is 9.31. The first-order valence-corrected chi connectivity index (χ1v) is 6.07. The number of benzene rings is 1. The Balaban J connectivity index is 3.48. The molecule has 108 valence electrons. The lowest BCUT2D eigenvalue weighted by Crippen LogP contribution is -2.28. The van der Waals surface area contributed by atoms with E-state index < -0.39 is 22.5 Å². The van der Waals surface area contributed by atoms with Gasteiger partial charge < -0.3 is 4.74 Å². The maximum atomic E-state index is 11.6. The van der Waals surface area contributed by atoms with E-state index in [1.54, 1.807) is 6.92 Å². The molecule has 1 aromatic rings. The molecule has 0 saturated carbocycles. The summed E-state index contributed by atoms with van der Waals surface area (Å²) in [6, 6.07) is 2.63. The van der Waals surface area contributed by atoms with Crippen molar-refractivity contribution in [2.24, 2.45) is 0 Å². The van der Waals surface area contributed by atoms with Gasteiger partial charge in [0.25, 0.3) is 0 Å². The van der Waals surface area contributed by atoms with E-state index in [2.05, 4.69) is 0 Å². The molecule has 0 bridgehead atoms. The van der Waals surface area contributed by atoms with Gasteiger partial charge in [-0.1, -0.05) is 11.6 Å². The van der Waals surface area contributed by atoms with Gasteiger partial charge in [-0.3, -0.25) is 19.8 Å². The summed E-state index contributed by atoms with van der Waals surface area (Å²) in [6.45, 7) is 2.91. The van der Waals surface area contributed by atoms with Crippen molar-refractivity contribution >= 4 is 34.9 Å². The minimum Gasteiger partial charge on any atom is -0.449 e. The molecular weight excluding hydrogens is 288 g/mol. The molecule has 0 saturated heterocycles. The summed E-state index contributed by atoms with van der Waals surface area (Å²) in [7, 11) is 1.32. The normalized spacial score (nSPS) is 10.0. The Kier molecular flexibility index (Phi) is 5.04. The van der Waals surface area contributed by atoms with Gasteiger partial charge in [-0.05, 0) is 26.0 Å². The Morgan fingerprint density at radius 3 is 2.50 bits per heavy atom. The molecule has 0 fully saturated rings. The van der Waals surface area contributed by atoms with Crippen LogP contribution in [0.1, 0.15) is 24.2 Å². The highest BCUT2D eigenvalue weighted by Crippen LogP contribution is 2.36. The first-order valence-electron chi connectivity index (χ1n) is 5.69. The average molecular weight is 301 g/mol. The molecule has 0 spiro atoms. The van der Waals surface area contributed by atoms with Gasteiger partial charge in [0.05, 0.1) is 16.6 Å². The van der Waals surface area contributed by atoms with Gasteiger partial charge in [0.2, 0.25) is 0 Å². The molecule has 7 nitrogen and oxygen atoms in total. The Bertz CT molecular complexity index is 573. The van der Waals surface area contributed by atoms with Crippen LogP contribution in [0.5, 0.6) is 0 Å². The third-order valence-electron chi connectivity index (χ3n) is 2.54. The SMILES string of the molecule is CCOC(=O)N(C)c1ccc(Cl)c(C(C)=O)c1[N+](=O)[O-]. The number of ketones is 1. The zero-order chi connectivity index (χ0) is 15.4. The minimum absolute atomic E-state index is 0.0368. The van der Waals surface area contributed by atoms with Gasteiger partial charge in [0.15, 0.2) is 5.78 Å². The molecule has 1 amide bonds. The Hall–Kier alpha value is -2.15. The van der Waals surface area contributed by atoms with Crippen molar-refractivity contribution in [3.63, 3.8) is 0 Å². The number of carbonyl (C=O) groups is 2. The molecular formula is C12H13ClN2O5. The third kappa shape index (κ3) is 3.05. The van der Waals surface area contributed by atoms with Crippen LogP contribution >= 0.6 is 11.6 Å². The van der Waals surface area contributed by atoms with Crippen LogP contribution in [0.25, 0.3) is 0 Å². The highest BCUT2D eigenvalue weighted by atomic mass is 35.5. The van der Waals surface area contributed by atoms with Crippen LogP contribution in [0, 0.1) is 10.1 Å². The van der Waals surface area contributed by atoms with Crippen LogP contribution in [-0.2, 0) is 4.74 Å². The highest BCUT2D eigenvalue weighted by molar-refractivity contribution is 6.34. The van der Waals surface area contributed by atoms with E-state index in [0.29, 0.717) is 0 Å². The van der Waals surface area contributed by atoms with Crippen molar-refractivity contribution in [3.8, 4) is 0 Å². The number of anilines is 1. The topological polar surface area (TPSA) is 89.8 Å². The van der Waals surface area contributed by atoms with Crippen LogP contribution in [0.15, 0.2) is 12.1 Å². The van der Waals surface area contributed by atoms with E-state index in [-0.39, 0.29) is 22.9 Å². The number of Topliss-reactive ketones (excluding diaryl/α,β-unsaturated/α-hetero) is 1. The highest BCUT2D eigenvalue weighted by Gasteiger charge is 2.29. The number of nitro benzene ring substituents is 1. The lowest BCUT2D eigenvalue weighted by atomic mass is 10.1. The van der Waals surface area contributed by atoms with Crippen molar-refractivity contribution in [2.75, 3.05) is 18.6 Å². The summed E-state index contributed by atoms with van der Waals surface area (Å²) in [4.78, 5) is 34.6. The van der Waals surface area contributed by atoms with Crippen LogP contribution in [0.3, 0.4) is 0 Å². The van der Waals surface area contributed by atoms with Gasteiger partial charge in [0.1, 0.15) is 11.3 Å². The average Bonchev–Trinajstić information content (AvgIpc) is 2.37. The Morgan fingerprint density at radius 1 is 1.45 bits per heavy atom. The Morgan fingerprint density at radius 2 is 2.05 bits per heavy atom. The molecule has 0 atom stereocenters. The minimum atomic E-state index is -0.757. The second-order valence-electron chi connectivity index (χ2n) is 3.86. The number of halogens is 1. The van der Waals surface area contributed by atoms with E-state index >= 15 is 0 Å². The summed E-state index contributed by atoms with van der Waals surface area (Å²) in [5, 5.41) is 11.2. The summed E-state index contributed by atoms with van der Waals surface area (Å²) in [5.41, 5.74) is -0.797. The molecule has 0 radical (unpaired) electrons. The maximum Gasteiger partial charge on any atom is 0.414 e. The zero-order valence-electron chi connectivity index (χ0n) is 11.2. The van der Waals surface area contributed by atoms with Gasteiger partial charge in [-0.15, -0.1) is 0 Å². The second kappa shape index (κ2) is 6.33. The largest absolute Gasteiger partial charge is 0.449 e. The zero-order valence-corrected chi connectivity index (χ0v) is 11.9. The third-order valence-corrected chi connectivity index (χ3v) is 2.86. The molecule has 0 N–H and O–H groups in total. The summed E-state index contributed by atoms with van der Waals surface area (Å²) in [6.07, 6.45) is -0.757. The molecule has 0 aromatic heterocycles. The van der Waals surface area contributed by atoms with Crippen LogP contribution in [0.2, 0.25) is 5.02 Å². The second-order valence-corrected chi connectivity index (χ2v) is 4.27. The van der Waals surface area contributed by atoms with Crippen LogP contribution < -0.4 is 4.90 Å². The molecule has 0 aliphatic carbocycles. The van der Waals surface area contributed by atoms with E-state index in [1.807, 2.05) is 0 Å². The predicted octanol–water partition coefficient (Wildman–Crippen LogP) is 3.04. The lowest BCUT2D eigenvalue weighted by molar-refractivity contribution is -0.384. The standard InChI is InChI=1S/C12H13ClN2O5/c1-4-20-12(17)14(3)9-6-5-8(13)10(7(2)16)11(9)15(18)19/h5-6H,4H2,1-3H3. The fourth-order valence-electron chi connectivity index (χ4n) is 1.66. The molecule has 0 aliphatic heterocycles. The molecule has 0 aliphatic rings. The van der Waals surface area contributed by atoms with E-state index in [0.717, 1.165) is 4.90 Å². The van der Waals surface area contributed by atoms with Crippen molar-refractivity contribution in [1.29, 1.82) is 0 Å². The molecule has 20 heavy (non-hydrogen) atoms. The summed E-state index contributed by atoms with van der Waals surface area (Å²) < 4.78 is 4.77. The van der Waals surface area contributed by atoms with Gasteiger partial charge in [0, 0.05) is 7.05 Å². The van der Waals surface area contributed by atoms with Crippen molar-refractivity contribution < 1.29 is 19.2 Å². The monoisotopic (exact) mass is 300 g/mol. The quantitative estimate of drug-likeness (QED) is 0.484. The number of amides is 1. The predicted molar refractivity (Wildman–Crippen MR) is 73.5 cm³/mol. The maximum absolute atomic E-state index is 11.6. The van der Waals surface area contributed by atoms with Crippen molar-refractivity contribution in [3.05, 3.63) is 32.8 Å². The molecule has 0 heterocycles.